The zero-order valence-corrected chi connectivity index (χ0v) is 13.8. The topological polar surface area (TPSA) is 84.3 Å². The van der Waals surface area contributed by atoms with Crippen LogP contribution in [-0.2, 0) is 21.9 Å². The van der Waals surface area contributed by atoms with Gasteiger partial charge in [0.2, 0.25) is 15.9 Å². The summed E-state index contributed by atoms with van der Waals surface area (Å²) >= 11 is 0. The number of sulfonamides is 1. The lowest BCUT2D eigenvalue weighted by molar-refractivity contribution is -0.120. The lowest BCUT2D eigenvalue weighted by Gasteiger charge is -2.42. The standard InChI is InChI=1S/C14H22N4O3S/c1-3-22(20,21)18-6-4-14(5-7-18)12(8-13(19)16-14)11-9-15-17(2)10-11/h9-10,12H,3-8H2,1-2H3,(H,16,19)/t12-/m0/s1. The van der Waals surface area contributed by atoms with E-state index in [2.05, 4.69) is 10.4 Å². The summed E-state index contributed by atoms with van der Waals surface area (Å²) in [6, 6.07) is 0. The van der Waals surface area contributed by atoms with Crippen LogP contribution in [0, 0.1) is 0 Å². The molecule has 0 saturated carbocycles. The first kappa shape index (κ1) is 15.5. The Hall–Kier alpha value is -1.41. The largest absolute Gasteiger partial charge is 0.350 e. The molecule has 0 bridgehead atoms. The third-order valence-electron chi connectivity index (χ3n) is 4.94. The van der Waals surface area contributed by atoms with Crippen molar-refractivity contribution in [2.75, 3.05) is 18.8 Å². The molecule has 1 N–H and O–H groups in total. The second-order valence-electron chi connectivity index (χ2n) is 6.21. The van der Waals surface area contributed by atoms with E-state index < -0.39 is 10.0 Å². The number of carbonyl (C=O) groups excluding carboxylic acids is 1. The van der Waals surface area contributed by atoms with Gasteiger partial charge in [-0.2, -0.15) is 5.10 Å². The molecule has 3 heterocycles. The fraction of sp³-hybridized carbons (Fsp3) is 0.714. The molecule has 2 saturated heterocycles. The molecule has 1 atom stereocenters. The van der Waals surface area contributed by atoms with E-state index in [1.807, 2.05) is 19.4 Å². The van der Waals surface area contributed by atoms with Gasteiger partial charge in [-0.25, -0.2) is 12.7 Å². The van der Waals surface area contributed by atoms with E-state index in [0.717, 1.165) is 5.56 Å². The number of carbonyl (C=O) groups is 1. The van der Waals surface area contributed by atoms with Crippen molar-refractivity contribution in [1.82, 2.24) is 19.4 Å². The molecule has 1 amide bonds. The average Bonchev–Trinajstić information content (AvgIpc) is 3.03. The van der Waals surface area contributed by atoms with Crippen molar-refractivity contribution in [2.24, 2.45) is 7.05 Å². The van der Waals surface area contributed by atoms with Crippen molar-refractivity contribution in [3.63, 3.8) is 0 Å². The first-order chi connectivity index (χ1) is 10.4. The molecular formula is C14H22N4O3S. The molecule has 0 radical (unpaired) electrons. The minimum Gasteiger partial charge on any atom is -0.350 e. The molecule has 0 aromatic carbocycles. The molecule has 0 aliphatic carbocycles. The van der Waals surface area contributed by atoms with Gasteiger partial charge in [-0.05, 0) is 25.3 Å². The van der Waals surface area contributed by atoms with Crippen LogP contribution < -0.4 is 5.32 Å². The normalized spacial score (nSPS) is 25.5. The van der Waals surface area contributed by atoms with Crippen molar-refractivity contribution in [3.05, 3.63) is 18.0 Å². The lowest BCUT2D eigenvalue weighted by Crippen LogP contribution is -2.54. The van der Waals surface area contributed by atoms with E-state index in [0.29, 0.717) is 32.4 Å². The molecule has 1 aromatic rings. The monoisotopic (exact) mass is 326 g/mol. The van der Waals surface area contributed by atoms with Gasteiger partial charge >= 0.3 is 0 Å². The molecule has 1 spiro atoms. The number of rotatable bonds is 3. The van der Waals surface area contributed by atoms with Crippen molar-refractivity contribution >= 4 is 15.9 Å². The molecule has 7 nitrogen and oxygen atoms in total. The second kappa shape index (κ2) is 5.34. The van der Waals surface area contributed by atoms with Gasteiger partial charge in [0, 0.05) is 44.2 Å². The predicted octanol–water partition coefficient (Wildman–Crippen LogP) is 0.208. The van der Waals surface area contributed by atoms with Crippen LogP contribution in [0.4, 0.5) is 0 Å². The molecule has 2 aliphatic rings. The maximum absolute atomic E-state index is 12.0. The van der Waals surface area contributed by atoms with Crippen LogP contribution in [0.5, 0.6) is 0 Å². The third kappa shape index (κ3) is 2.54. The average molecular weight is 326 g/mol. The molecule has 2 aliphatic heterocycles. The Morgan fingerprint density at radius 2 is 2.09 bits per heavy atom. The number of nitrogens with one attached hydrogen (secondary N) is 1. The molecule has 1 aromatic heterocycles. The highest BCUT2D eigenvalue weighted by molar-refractivity contribution is 7.89. The molecule has 122 valence electrons. The van der Waals surface area contributed by atoms with Crippen LogP contribution in [0.25, 0.3) is 0 Å². The first-order valence-corrected chi connectivity index (χ1v) is 9.24. The fourth-order valence-corrected chi connectivity index (χ4v) is 4.78. The minimum absolute atomic E-state index is 0.0423. The summed E-state index contributed by atoms with van der Waals surface area (Å²) in [6.45, 7) is 2.59. The van der Waals surface area contributed by atoms with Crippen LogP contribution in [0.2, 0.25) is 0 Å². The van der Waals surface area contributed by atoms with Crippen molar-refractivity contribution in [2.45, 2.75) is 37.6 Å². The summed E-state index contributed by atoms with van der Waals surface area (Å²) in [5.74, 6) is 0.235. The quantitative estimate of drug-likeness (QED) is 0.860. The number of piperidine rings is 1. The van der Waals surface area contributed by atoms with E-state index >= 15 is 0 Å². The number of aromatic nitrogens is 2. The van der Waals surface area contributed by atoms with Gasteiger partial charge in [-0.15, -0.1) is 0 Å². The molecular weight excluding hydrogens is 304 g/mol. The fourth-order valence-electron chi connectivity index (χ4n) is 3.67. The van der Waals surface area contributed by atoms with E-state index in [1.165, 1.54) is 0 Å². The summed E-state index contributed by atoms with van der Waals surface area (Å²) in [5, 5.41) is 7.32. The number of aryl methyl sites for hydroxylation is 1. The molecule has 22 heavy (non-hydrogen) atoms. The summed E-state index contributed by atoms with van der Waals surface area (Å²) < 4.78 is 27.3. The Kier molecular flexibility index (Phi) is 3.76. The van der Waals surface area contributed by atoms with Gasteiger partial charge in [0.05, 0.1) is 11.9 Å². The number of nitrogens with zero attached hydrogens (tertiary/aromatic N) is 3. The molecule has 3 rings (SSSR count). The maximum Gasteiger partial charge on any atom is 0.221 e. The molecule has 8 heteroatoms. The number of hydrogen-bond acceptors (Lipinski definition) is 4. The smallest absolute Gasteiger partial charge is 0.221 e. The van der Waals surface area contributed by atoms with Crippen LogP contribution >= 0.6 is 0 Å². The Labute approximate surface area is 130 Å². The number of hydrogen-bond donors (Lipinski definition) is 1. The predicted molar refractivity (Wildman–Crippen MR) is 81.7 cm³/mol. The molecule has 0 unspecified atom stereocenters. The third-order valence-corrected chi connectivity index (χ3v) is 6.83. The Morgan fingerprint density at radius 3 is 2.64 bits per heavy atom. The maximum atomic E-state index is 12.0. The van der Waals surface area contributed by atoms with E-state index in [4.69, 9.17) is 0 Å². The van der Waals surface area contributed by atoms with Crippen LogP contribution in [0.15, 0.2) is 12.4 Å². The lowest BCUT2D eigenvalue weighted by atomic mass is 9.75. The summed E-state index contributed by atoms with van der Waals surface area (Å²) in [5.41, 5.74) is 0.715. The van der Waals surface area contributed by atoms with E-state index in [1.54, 1.807) is 15.9 Å². The minimum atomic E-state index is -3.15. The van der Waals surface area contributed by atoms with Crippen molar-refractivity contribution in [1.29, 1.82) is 0 Å². The van der Waals surface area contributed by atoms with Gasteiger partial charge in [-0.3, -0.25) is 9.48 Å². The molecule has 2 fully saturated rings. The van der Waals surface area contributed by atoms with Crippen LogP contribution in [0.3, 0.4) is 0 Å². The SMILES string of the molecule is CCS(=O)(=O)N1CCC2(CC1)NC(=O)C[C@H]2c1cnn(C)c1. The van der Waals surface area contributed by atoms with Gasteiger partial charge in [-0.1, -0.05) is 0 Å². The van der Waals surface area contributed by atoms with E-state index in [9.17, 15) is 13.2 Å². The van der Waals surface area contributed by atoms with Crippen molar-refractivity contribution < 1.29 is 13.2 Å². The summed E-state index contributed by atoms with van der Waals surface area (Å²) in [6.07, 6.45) is 5.50. The highest BCUT2D eigenvalue weighted by Crippen LogP contribution is 2.43. The zero-order chi connectivity index (χ0) is 16.0. The Bertz CT molecular complexity index is 674. The second-order valence-corrected chi connectivity index (χ2v) is 8.47. The Morgan fingerprint density at radius 1 is 1.41 bits per heavy atom. The zero-order valence-electron chi connectivity index (χ0n) is 12.9. The summed E-state index contributed by atoms with van der Waals surface area (Å²) in [4.78, 5) is 12.0. The van der Waals surface area contributed by atoms with E-state index in [-0.39, 0.29) is 23.1 Å². The first-order valence-electron chi connectivity index (χ1n) is 7.64. The van der Waals surface area contributed by atoms with Gasteiger partial charge < -0.3 is 5.32 Å². The van der Waals surface area contributed by atoms with Gasteiger partial charge in [0.15, 0.2) is 0 Å². The highest BCUT2D eigenvalue weighted by Gasteiger charge is 2.50. The van der Waals surface area contributed by atoms with Crippen molar-refractivity contribution in [3.8, 4) is 0 Å². The highest BCUT2D eigenvalue weighted by atomic mass is 32.2. The van der Waals surface area contributed by atoms with Crippen LogP contribution in [0.1, 0.15) is 37.7 Å². The van der Waals surface area contributed by atoms with Gasteiger partial charge in [0.25, 0.3) is 0 Å². The van der Waals surface area contributed by atoms with Gasteiger partial charge in [0.1, 0.15) is 0 Å². The van der Waals surface area contributed by atoms with Crippen LogP contribution in [-0.4, -0.2) is 52.8 Å². The number of amides is 1. The summed E-state index contributed by atoms with van der Waals surface area (Å²) in [7, 11) is -1.30. The Balaban J connectivity index is 1.82.